The lowest BCUT2D eigenvalue weighted by molar-refractivity contribution is -0.121. The highest BCUT2D eigenvalue weighted by molar-refractivity contribution is 9.10. The maximum Gasteiger partial charge on any atom is 0.255 e. The first-order chi connectivity index (χ1) is 12.8. The molecule has 0 spiro atoms. The van der Waals surface area contributed by atoms with Crippen LogP contribution in [0.15, 0.2) is 56.9 Å². The summed E-state index contributed by atoms with van der Waals surface area (Å²) in [6.45, 7) is 1.40. The topological polar surface area (TPSA) is 88.1 Å². The largest absolute Gasteiger partial charge is 0.495 e. The van der Waals surface area contributed by atoms with Gasteiger partial charge in [0.1, 0.15) is 10.6 Å². The van der Waals surface area contributed by atoms with Crippen LogP contribution in [0.2, 0.25) is 0 Å². The Balaban J connectivity index is 2.07. The second kappa shape index (κ2) is 9.12. The van der Waals surface area contributed by atoms with Gasteiger partial charge in [-0.3, -0.25) is 4.79 Å². The number of nitrogens with zero attached hydrogens (tertiary/aromatic N) is 2. The molecule has 0 atom stereocenters. The van der Waals surface area contributed by atoms with E-state index in [9.17, 15) is 13.2 Å². The summed E-state index contributed by atoms with van der Waals surface area (Å²) in [5, 5.41) is 3.86. The van der Waals surface area contributed by atoms with Crippen molar-refractivity contribution in [2.75, 3.05) is 20.7 Å². The molecule has 2 aromatic carbocycles. The third-order valence-electron chi connectivity index (χ3n) is 3.67. The summed E-state index contributed by atoms with van der Waals surface area (Å²) in [4.78, 5) is 12.1. The van der Waals surface area contributed by atoms with Crippen molar-refractivity contribution in [1.82, 2.24) is 9.73 Å². The summed E-state index contributed by atoms with van der Waals surface area (Å²) >= 11 is 3.37. The number of aryl methyl sites for hydroxylation is 1. The number of halogens is 1. The fourth-order valence-corrected chi connectivity index (χ4v) is 3.98. The second-order valence-electron chi connectivity index (χ2n) is 5.73. The molecular formula is C18H20BrN3O4S. The number of carbonyl (C=O) groups is 1. The molecule has 7 nitrogen and oxygen atoms in total. The molecule has 0 aliphatic rings. The quantitative estimate of drug-likeness (QED) is 0.515. The monoisotopic (exact) mass is 453 g/mol. The van der Waals surface area contributed by atoms with E-state index in [4.69, 9.17) is 4.74 Å². The zero-order valence-corrected chi connectivity index (χ0v) is 17.5. The molecule has 0 radical (unpaired) electrons. The minimum absolute atomic E-state index is 0.0111. The Morgan fingerprint density at radius 1 is 1.30 bits per heavy atom. The van der Waals surface area contributed by atoms with Crippen LogP contribution in [0.25, 0.3) is 0 Å². The molecule has 27 heavy (non-hydrogen) atoms. The summed E-state index contributed by atoms with van der Waals surface area (Å²) in [6.07, 6.45) is 1.47. The van der Waals surface area contributed by atoms with Gasteiger partial charge in [0.05, 0.1) is 19.9 Å². The highest BCUT2D eigenvalue weighted by Crippen LogP contribution is 2.27. The molecule has 0 heterocycles. The average molecular weight is 454 g/mol. The first kappa shape index (κ1) is 21.1. The Labute approximate surface area is 167 Å². The smallest absolute Gasteiger partial charge is 0.255 e. The lowest BCUT2D eigenvalue weighted by Crippen LogP contribution is -2.36. The second-order valence-corrected chi connectivity index (χ2v) is 8.60. The number of sulfonamides is 1. The van der Waals surface area contributed by atoms with Crippen LogP contribution in [-0.2, 0) is 14.8 Å². The molecule has 0 saturated heterocycles. The summed E-state index contributed by atoms with van der Waals surface area (Å²) < 4.78 is 32.4. The Kier molecular flexibility index (Phi) is 7.11. The van der Waals surface area contributed by atoms with Gasteiger partial charge >= 0.3 is 0 Å². The van der Waals surface area contributed by atoms with E-state index in [1.54, 1.807) is 19.1 Å². The van der Waals surface area contributed by atoms with Crippen LogP contribution in [0.4, 0.5) is 0 Å². The molecule has 0 saturated carbocycles. The van der Waals surface area contributed by atoms with Crippen molar-refractivity contribution in [2.24, 2.45) is 5.10 Å². The molecule has 1 N–H and O–H groups in total. The molecule has 1 amide bonds. The van der Waals surface area contributed by atoms with Crippen LogP contribution in [0, 0.1) is 6.92 Å². The number of likely N-dealkylation sites (N-methyl/N-ethyl adjacent to an activating group) is 1. The van der Waals surface area contributed by atoms with Gasteiger partial charge in [-0.1, -0.05) is 40.2 Å². The highest BCUT2D eigenvalue weighted by Gasteiger charge is 2.26. The van der Waals surface area contributed by atoms with E-state index in [0.717, 1.165) is 19.9 Å². The molecule has 0 unspecified atom stereocenters. The van der Waals surface area contributed by atoms with Crippen LogP contribution in [0.1, 0.15) is 11.1 Å². The molecule has 0 aromatic heterocycles. The maximum atomic E-state index is 12.8. The van der Waals surface area contributed by atoms with Gasteiger partial charge in [-0.15, -0.1) is 0 Å². The SMILES string of the molecule is COc1ccc(C)cc1S(=O)(=O)N(C)CC(=O)N/N=C\c1ccccc1Br. The number of rotatable bonds is 7. The van der Waals surface area contributed by atoms with Crippen molar-refractivity contribution in [3.8, 4) is 5.75 Å². The summed E-state index contributed by atoms with van der Waals surface area (Å²) in [6, 6.07) is 12.2. The number of benzene rings is 2. The molecule has 9 heteroatoms. The minimum Gasteiger partial charge on any atom is -0.495 e. The molecule has 2 rings (SSSR count). The maximum absolute atomic E-state index is 12.8. The van der Waals surface area contributed by atoms with Crippen molar-refractivity contribution in [2.45, 2.75) is 11.8 Å². The van der Waals surface area contributed by atoms with Gasteiger partial charge in [-0.2, -0.15) is 9.41 Å². The predicted octanol–water partition coefficient (Wildman–Crippen LogP) is 2.54. The van der Waals surface area contributed by atoms with Crippen molar-refractivity contribution in [3.05, 3.63) is 58.1 Å². The number of hydrogen-bond donors (Lipinski definition) is 1. The van der Waals surface area contributed by atoms with Crippen LogP contribution >= 0.6 is 15.9 Å². The fraction of sp³-hybridized carbons (Fsp3) is 0.222. The molecule has 0 aliphatic carbocycles. The van der Waals surface area contributed by atoms with E-state index in [-0.39, 0.29) is 17.2 Å². The zero-order valence-electron chi connectivity index (χ0n) is 15.1. The van der Waals surface area contributed by atoms with Gasteiger partial charge in [0.25, 0.3) is 5.91 Å². The highest BCUT2D eigenvalue weighted by atomic mass is 79.9. The summed E-state index contributed by atoms with van der Waals surface area (Å²) in [7, 11) is -1.17. The van der Waals surface area contributed by atoms with Gasteiger partial charge in [0, 0.05) is 17.1 Å². The standard InChI is InChI=1S/C18H20BrN3O4S/c1-13-8-9-16(26-3)17(10-13)27(24,25)22(2)12-18(23)21-20-11-14-6-4-5-7-15(14)19/h4-11H,12H2,1-3H3,(H,21,23)/b20-11-. The predicted molar refractivity (Wildman–Crippen MR) is 107 cm³/mol. The minimum atomic E-state index is -3.90. The lowest BCUT2D eigenvalue weighted by Gasteiger charge is -2.18. The van der Waals surface area contributed by atoms with E-state index < -0.39 is 15.9 Å². The summed E-state index contributed by atoms with van der Waals surface area (Å²) in [5.74, 6) is -0.337. The number of methoxy groups -OCH3 is 1. The van der Waals surface area contributed by atoms with Gasteiger partial charge in [0.15, 0.2) is 0 Å². The number of carbonyl (C=O) groups excluding carboxylic acids is 1. The van der Waals surface area contributed by atoms with Crippen LogP contribution < -0.4 is 10.2 Å². The third kappa shape index (κ3) is 5.38. The Morgan fingerprint density at radius 2 is 2.00 bits per heavy atom. The van der Waals surface area contributed by atoms with E-state index in [1.165, 1.54) is 26.4 Å². The Bertz CT molecular complexity index is 961. The molecule has 0 aliphatic heterocycles. The van der Waals surface area contributed by atoms with E-state index in [1.807, 2.05) is 24.3 Å². The fourth-order valence-electron chi connectivity index (χ4n) is 2.23. The van der Waals surface area contributed by atoms with Crippen molar-refractivity contribution in [3.63, 3.8) is 0 Å². The first-order valence-corrected chi connectivity index (χ1v) is 10.2. The van der Waals surface area contributed by atoms with E-state index in [0.29, 0.717) is 0 Å². The Morgan fingerprint density at radius 3 is 2.67 bits per heavy atom. The van der Waals surface area contributed by atoms with Crippen LogP contribution in [-0.4, -0.2) is 45.5 Å². The summed E-state index contributed by atoms with van der Waals surface area (Å²) in [5.41, 5.74) is 3.87. The number of amides is 1. The van der Waals surface area contributed by atoms with Gasteiger partial charge in [-0.25, -0.2) is 13.8 Å². The van der Waals surface area contributed by atoms with Gasteiger partial charge < -0.3 is 4.74 Å². The van der Waals surface area contributed by atoms with Crippen molar-refractivity contribution < 1.29 is 17.9 Å². The Hall–Kier alpha value is -2.23. The number of ether oxygens (including phenoxy) is 1. The average Bonchev–Trinajstić information content (AvgIpc) is 2.63. The zero-order chi connectivity index (χ0) is 20.0. The molecule has 0 fully saturated rings. The number of nitrogens with one attached hydrogen (secondary N) is 1. The lowest BCUT2D eigenvalue weighted by atomic mass is 10.2. The normalized spacial score (nSPS) is 11.7. The molecular weight excluding hydrogens is 434 g/mol. The third-order valence-corrected chi connectivity index (χ3v) is 6.22. The number of hydrogen-bond acceptors (Lipinski definition) is 5. The van der Waals surface area contributed by atoms with Gasteiger partial charge in [-0.05, 0) is 30.7 Å². The van der Waals surface area contributed by atoms with Crippen molar-refractivity contribution in [1.29, 1.82) is 0 Å². The van der Waals surface area contributed by atoms with Crippen LogP contribution in [0.3, 0.4) is 0 Å². The molecule has 2 aromatic rings. The van der Waals surface area contributed by atoms with E-state index in [2.05, 4.69) is 26.5 Å². The molecule has 144 valence electrons. The van der Waals surface area contributed by atoms with Crippen LogP contribution in [0.5, 0.6) is 5.75 Å². The van der Waals surface area contributed by atoms with Crippen molar-refractivity contribution >= 4 is 38.1 Å². The van der Waals surface area contributed by atoms with Gasteiger partial charge in [0.2, 0.25) is 10.0 Å². The number of hydrazone groups is 1. The first-order valence-electron chi connectivity index (χ1n) is 7.93. The van der Waals surface area contributed by atoms with E-state index >= 15 is 0 Å². The molecule has 0 bridgehead atoms.